The van der Waals surface area contributed by atoms with Crippen LogP contribution in [0.3, 0.4) is 0 Å². The van der Waals surface area contributed by atoms with E-state index in [2.05, 4.69) is 4.99 Å². The van der Waals surface area contributed by atoms with Crippen LogP contribution in [-0.2, 0) is 9.53 Å². The first-order valence-corrected chi connectivity index (χ1v) is 5.23. The molecular formula is C13H11NO3. The van der Waals surface area contributed by atoms with E-state index in [0.29, 0.717) is 0 Å². The molecule has 1 aromatic carbocycles. The lowest BCUT2D eigenvalue weighted by Gasteiger charge is -2.01. The molecule has 1 unspecified atom stereocenters. The number of aliphatic imine (C=N–C) groups is 1. The molecule has 1 heterocycles. The van der Waals surface area contributed by atoms with Gasteiger partial charge in [-0.2, -0.15) is 4.99 Å². The highest BCUT2D eigenvalue weighted by Gasteiger charge is 2.27. The first kappa shape index (κ1) is 11.3. The van der Waals surface area contributed by atoms with E-state index in [1.165, 1.54) is 6.08 Å². The Hall–Kier alpha value is -2.23. The third-order valence-corrected chi connectivity index (χ3v) is 2.35. The highest BCUT2D eigenvalue weighted by molar-refractivity contribution is 6.48. The van der Waals surface area contributed by atoms with E-state index in [0.717, 1.165) is 5.56 Å². The lowest BCUT2D eigenvalue weighted by molar-refractivity contribution is -0.109. The smallest absolute Gasteiger partial charge is 0.434 e. The van der Waals surface area contributed by atoms with Gasteiger partial charge in [0, 0.05) is 0 Å². The second-order valence-electron chi connectivity index (χ2n) is 3.63. The zero-order valence-corrected chi connectivity index (χ0v) is 9.29. The molecule has 0 saturated carbocycles. The van der Waals surface area contributed by atoms with Crippen LogP contribution in [0.2, 0.25) is 0 Å². The van der Waals surface area contributed by atoms with Crippen LogP contribution in [-0.4, -0.2) is 23.7 Å². The number of ether oxygens (including phenoxy) is 1. The predicted molar refractivity (Wildman–Crippen MR) is 63.9 cm³/mol. The summed E-state index contributed by atoms with van der Waals surface area (Å²) in [5.74, 6) is -0.299. The number of cyclic esters (lactones) is 1. The molecule has 0 N–H and O–H groups in total. The topological polar surface area (TPSA) is 55.7 Å². The fourth-order valence-corrected chi connectivity index (χ4v) is 1.50. The van der Waals surface area contributed by atoms with Crippen molar-refractivity contribution in [2.45, 2.75) is 13.0 Å². The fraction of sp³-hybridized carbons (Fsp3) is 0.154. The molecule has 0 fully saturated rings. The Kier molecular flexibility index (Phi) is 3.14. The zero-order valence-electron chi connectivity index (χ0n) is 9.29. The van der Waals surface area contributed by atoms with Crippen molar-refractivity contribution in [1.29, 1.82) is 0 Å². The molecule has 4 heteroatoms. The van der Waals surface area contributed by atoms with Crippen LogP contribution in [0, 0.1) is 0 Å². The van der Waals surface area contributed by atoms with Crippen molar-refractivity contribution >= 4 is 23.7 Å². The van der Waals surface area contributed by atoms with E-state index in [-0.39, 0.29) is 11.5 Å². The SMILES string of the molecule is CC1OC(=O)N=C1C(=O)C=Cc1ccccc1. The molecule has 1 aliphatic heterocycles. The van der Waals surface area contributed by atoms with Crippen molar-refractivity contribution in [3.63, 3.8) is 0 Å². The minimum absolute atomic E-state index is 0.155. The number of carbonyl (C=O) groups is 2. The Bertz CT molecular complexity index is 503. The largest absolute Gasteiger partial charge is 0.438 e. The Morgan fingerprint density at radius 1 is 1.35 bits per heavy atom. The first-order valence-electron chi connectivity index (χ1n) is 5.23. The number of ketones is 1. The van der Waals surface area contributed by atoms with Gasteiger partial charge < -0.3 is 4.74 Å². The number of carbonyl (C=O) groups excluding carboxylic acids is 2. The Balaban J connectivity index is 2.10. The molecule has 1 aliphatic rings. The Labute approximate surface area is 98.6 Å². The van der Waals surface area contributed by atoms with E-state index in [1.54, 1.807) is 13.0 Å². The Morgan fingerprint density at radius 3 is 2.65 bits per heavy atom. The third kappa shape index (κ3) is 2.66. The molecule has 0 bridgehead atoms. The highest BCUT2D eigenvalue weighted by atomic mass is 16.6. The second-order valence-corrected chi connectivity index (χ2v) is 3.63. The molecule has 17 heavy (non-hydrogen) atoms. The number of benzene rings is 1. The van der Waals surface area contributed by atoms with Gasteiger partial charge in [-0.1, -0.05) is 36.4 Å². The summed E-state index contributed by atoms with van der Waals surface area (Å²) in [5, 5.41) is 0. The van der Waals surface area contributed by atoms with E-state index in [9.17, 15) is 9.59 Å². The molecule has 86 valence electrons. The number of rotatable bonds is 3. The summed E-state index contributed by atoms with van der Waals surface area (Å²) in [5.41, 5.74) is 1.07. The van der Waals surface area contributed by atoms with Crippen molar-refractivity contribution in [3.8, 4) is 0 Å². The van der Waals surface area contributed by atoms with E-state index < -0.39 is 12.2 Å². The first-order chi connectivity index (χ1) is 8.16. The monoisotopic (exact) mass is 229 g/mol. The summed E-state index contributed by atoms with van der Waals surface area (Å²) in [6.45, 7) is 1.62. The maximum absolute atomic E-state index is 11.7. The third-order valence-electron chi connectivity index (χ3n) is 2.35. The molecule has 0 aromatic heterocycles. The van der Waals surface area contributed by atoms with Crippen LogP contribution in [0.1, 0.15) is 12.5 Å². The average molecular weight is 229 g/mol. The Morgan fingerprint density at radius 2 is 2.06 bits per heavy atom. The molecule has 0 radical (unpaired) electrons. The van der Waals surface area contributed by atoms with Crippen molar-refractivity contribution in [3.05, 3.63) is 42.0 Å². The van der Waals surface area contributed by atoms with Gasteiger partial charge in [0.2, 0.25) is 5.78 Å². The summed E-state index contributed by atoms with van der Waals surface area (Å²) in [6, 6.07) is 9.42. The zero-order chi connectivity index (χ0) is 12.3. The van der Waals surface area contributed by atoms with Gasteiger partial charge in [0.1, 0.15) is 11.8 Å². The molecule has 0 aliphatic carbocycles. The normalized spacial score (nSPS) is 19.2. The summed E-state index contributed by atoms with van der Waals surface area (Å²) >= 11 is 0. The van der Waals surface area contributed by atoms with Crippen molar-refractivity contribution in [2.75, 3.05) is 0 Å². The summed E-state index contributed by atoms with van der Waals surface area (Å²) in [7, 11) is 0. The minimum atomic E-state index is -0.700. The number of nitrogens with zero attached hydrogens (tertiary/aromatic N) is 1. The fourth-order valence-electron chi connectivity index (χ4n) is 1.50. The van der Waals surface area contributed by atoms with Gasteiger partial charge in [-0.15, -0.1) is 0 Å². The van der Waals surface area contributed by atoms with Crippen LogP contribution >= 0.6 is 0 Å². The summed E-state index contributed by atoms with van der Waals surface area (Å²) < 4.78 is 4.75. The van der Waals surface area contributed by atoms with Crippen LogP contribution in [0.4, 0.5) is 4.79 Å². The minimum Gasteiger partial charge on any atom is -0.438 e. The predicted octanol–water partition coefficient (Wildman–Crippen LogP) is 2.25. The van der Waals surface area contributed by atoms with Gasteiger partial charge in [0.05, 0.1) is 0 Å². The van der Waals surface area contributed by atoms with Crippen molar-refractivity contribution < 1.29 is 14.3 Å². The average Bonchev–Trinajstić information content (AvgIpc) is 2.67. The lowest BCUT2D eigenvalue weighted by Crippen LogP contribution is -2.22. The number of hydrogen-bond acceptors (Lipinski definition) is 3. The van der Waals surface area contributed by atoms with Crippen LogP contribution in [0.25, 0.3) is 6.08 Å². The van der Waals surface area contributed by atoms with Gasteiger partial charge in [-0.05, 0) is 18.6 Å². The van der Waals surface area contributed by atoms with Crippen LogP contribution in [0.15, 0.2) is 41.4 Å². The number of hydrogen-bond donors (Lipinski definition) is 0. The van der Waals surface area contributed by atoms with E-state index in [1.807, 2.05) is 30.3 Å². The molecule has 1 amide bonds. The molecular weight excluding hydrogens is 218 g/mol. The highest BCUT2D eigenvalue weighted by Crippen LogP contribution is 2.09. The van der Waals surface area contributed by atoms with Crippen LogP contribution < -0.4 is 0 Å². The number of allylic oxidation sites excluding steroid dienone is 1. The van der Waals surface area contributed by atoms with E-state index >= 15 is 0 Å². The van der Waals surface area contributed by atoms with Crippen molar-refractivity contribution in [1.82, 2.24) is 0 Å². The molecule has 1 atom stereocenters. The number of amides is 1. The van der Waals surface area contributed by atoms with Gasteiger partial charge in [0.15, 0.2) is 0 Å². The van der Waals surface area contributed by atoms with Crippen molar-refractivity contribution in [2.24, 2.45) is 4.99 Å². The van der Waals surface area contributed by atoms with E-state index in [4.69, 9.17) is 4.74 Å². The molecule has 0 saturated heterocycles. The maximum atomic E-state index is 11.7. The standard InChI is InChI=1S/C13H11NO3/c1-9-12(14-13(16)17-9)11(15)8-7-10-5-3-2-4-6-10/h2-9H,1H3. The van der Waals surface area contributed by atoms with Gasteiger partial charge in [-0.25, -0.2) is 4.79 Å². The molecule has 0 spiro atoms. The maximum Gasteiger partial charge on any atom is 0.434 e. The summed E-state index contributed by atoms with van der Waals surface area (Å²) in [4.78, 5) is 26.1. The van der Waals surface area contributed by atoms with Gasteiger partial charge in [0.25, 0.3) is 0 Å². The summed E-state index contributed by atoms with van der Waals surface area (Å²) in [6.07, 6.45) is 1.82. The van der Waals surface area contributed by atoms with Gasteiger partial charge in [-0.3, -0.25) is 4.79 Å². The molecule has 2 rings (SSSR count). The molecule has 4 nitrogen and oxygen atoms in total. The second kappa shape index (κ2) is 4.74. The van der Waals surface area contributed by atoms with Gasteiger partial charge >= 0.3 is 6.09 Å². The van der Waals surface area contributed by atoms with Crippen LogP contribution in [0.5, 0.6) is 0 Å². The lowest BCUT2D eigenvalue weighted by atomic mass is 10.1. The molecule has 1 aromatic rings. The quantitative estimate of drug-likeness (QED) is 0.747.